The van der Waals surface area contributed by atoms with E-state index in [9.17, 15) is 0 Å². The average Bonchev–Trinajstić information content (AvgIpc) is 2.30. The Morgan fingerprint density at radius 1 is 1.13 bits per heavy atom. The predicted octanol–water partition coefficient (Wildman–Crippen LogP) is 3.84. The van der Waals surface area contributed by atoms with Crippen LogP contribution in [0.5, 0.6) is 0 Å². The van der Waals surface area contributed by atoms with Crippen LogP contribution in [0.3, 0.4) is 0 Å². The Morgan fingerprint density at radius 3 is 2.47 bits per heavy atom. The molecular formula is C15H14. The van der Waals surface area contributed by atoms with Gasteiger partial charge in [-0.15, -0.1) is 6.42 Å². The first-order chi connectivity index (χ1) is 7.38. The summed E-state index contributed by atoms with van der Waals surface area (Å²) in [6.07, 6.45) is 15.2. The summed E-state index contributed by atoms with van der Waals surface area (Å²) in [7, 11) is 0. The quantitative estimate of drug-likeness (QED) is 0.506. The summed E-state index contributed by atoms with van der Waals surface area (Å²) < 4.78 is 0. The molecule has 0 bridgehead atoms. The fraction of sp³-hybridized carbons (Fsp3) is 0.0667. The van der Waals surface area contributed by atoms with Crippen molar-refractivity contribution in [2.75, 3.05) is 0 Å². The third kappa shape index (κ3) is 3.70. The molecule has 1 rings (SSSR count). The Bertz CT molecular complexity index is 411. The lowest BCUT2D eigenvalue weighted by molar-refractivity contribution is 1.63. The average molecular weight is 194 g/mol. The molecule has 0 amide bonds. The molecule has 0 radical (unpaired) electrons. The van der Waals surface area contributed by atoms with Crippen LogP contribution in [-0.4, -0.2) is 0 Å². The fourth-order valence-electron chi connectivity index (χ4n) is 1.17. The lowest BCUT2D eigenvalue weighted by atomic mass is 10.1. The summed E-state index contributed by atoms with van der Waals surface area (Å²) in [5.74, 6) is 2.68. The lowest BCUT2D eigenvalue weighted by Crippen LogP contribution is -1.78. The van der Waals surface area contributed by atoms with Gasteiger partial charge in [0.15, 0.2) is 0 Å². The third-order valence-electron chi connectivity index (χ3n) is 1.92. The van der Waals surface area contributed by atoms with Gasteiger partial charge < -0.3 is 0 Å². The van der Waals surface area contributed by atoms with Gasteiger partial charge in [0.05, 0.1) is 0 Å². The molecule has 0 aliphatic rings. The maximum atomic E-state index is 5.45. The molecule has 0 spiro atoms. The molecule has 0 fully saturated rings. The van der Waals surface area contributed by atoms with Gasteiger partial charge in [0.2, 0.25) is 0 Å². The van der Waals surface area contributed by atoms with Gasteiger partial charge in [0.1, 0.15) is 0 Å². The summed E-state index contributed by atoms with van der Waals surface area (Å²) >= 11 is 0. The minimum Gasteiger partial charge on any atom is -0.115 e. The fourth-order valence-corrected chi connectivity index (χ4v) is 1.17. The molecule has 0 aliphatic carbocycles. The van der Waals surface area contributed by atoms with Crippen molar-refractivity contribution in [3.05, 3.63) is 66.3 Å². The molecule has 0 N–H and O–H groups in total. The number of hydrogen-bond acceptors (Lipinski definition) is 0. The second kappa shape index (κ2) is 6.45. The molecular weight excluding hydrogens is 180 g/mol. The van der Waals surface area contributed by atoms with E-state index in [0.29, 0.717) is 0 Å². The number of rotatable bonds is 3. The number of terminal acetylenes is 1. The SMILES string of the molecule is C#C\C(=C/C=C/C=C/C)c1ccccc1. The van der Waals surface area contributed by atoms with E-state index in [1.807, 2.05) is 67.6 Å². The van der Waals surface area contributed by atoms with Crippen molar-refractivity contribution in [1.29, 1.82) is 0 Å². The van der Waals surface area contributed by atoms with Crippen LogP contribution < -0.4 is 0 Å². The standard InChI is InChI=1S/C15H14/c1-3-5-6-8-11-14(4-2)15-12-9-7-10-13-15/h2-3,5-13H,1H3/b5-3+,8-6+,14-11+. The van der Waals surface area contributed by atoms with E-state index < -0.39 is 0 Å². The number of hydrogen-bond donors (Lipinski definition) is 0. The van der Waals surface area contributed by atoms with E-state index in [0.717, 1.165) is 11.1 Å². The van der Waals surface area contributed by atoms with Crippen LogP contribution in [0.4, 0.5) is 0 Å². The summed E-state index contributed by atoms with van der Waals surface area (Å²) in [4.78, 5) is 0. The first-order valence-corrected chi connectivity index (χ1v) is 4.90. The maximum Gasteiger partial charge on any atom is 0.0315 e. The van der Waals surface area contributed by atoms with Crippen molar-refractivity contribution in [3.8, 4) is 12.3 Å². The molecule has 0 saturated heterocycles. The Morgan fingerprint density at radius 2 is 1.87 bits per heavy atom. The second-order valence-corrected chi connectivity index (χ2v) is 3.00. The highest BCUT2D eigenvalue weighted by Gasteiger charge is 1.93. The van der Waals surface area contributed by atoms with Crippen LogP contribution in [0.25, 0.3) is 5.57 Å². The van der Waals surface area contributed by atoms with Crippen LogP contribution >= 0.6 is 0 Å². The third-order valence-corrected chi connectivity index (χ3v) is 1.92. The Balaban J connectivity index is 2.86. The monoisotopic (exact) mass is 194 g/mol. The van der Waals surface area contributed by atoms with Crippen molar-refractivity contribution in [2.24, 2.45) is 0 Å². The van der Waals surface area contributed by atoms with Gasteiger partial charge in [-0.05, 0) is 18.6 Å². The Kier molecular flexibility index (Phi) is 4.77. The van der Waals surface area contributed by atoms with Gasteiger partial charge in [0.25, 0.3) is 0 Å². The van der Waals surface area contributed by atoms with Gasteiger partial charge >= 0.3 is 0 Å². The molecule has 0 heterocycles. The highest BCUT2D eigenvalue weighted by molar-refractivity contribution is 5.79. The van der Waals surface area contributed by atoms with E-state index in [2.05, 4.69) is 5.92 Å². The van der Waals surface area contributed by atoms with Gasteiger partial charge in [-0.1, -0.05) is 60.6 Å². The van der Waals surface area contributed by atoms with Gasteiger partial charge in [-0.3, -0.25) is 0 Å². The largest absolute Gasteiger partial charge is 0.115 e. The highest BCUT2D eigenvalue weighted by atomic mass is 14.0. The van der Waals surface area contributed by atoms with Gasteiger partial charge in [-0.2, -0.15) is 0 Å². The molecule has 1 aromatic carbocycles. The van der Waals surface area contributed by atoms with E-state index in [1.165, 1.54) is 0 Å². The Hall–Kier alpha value is -2.00. The van der Waals surface area contributed by atoms with Crippen molar-refractivity contribution < 1.29 is 0 Å². The van der Waals surface area contributed by atoms with E-state index in [-0.39, 0.29) is 0 Å². The summed E-state index contributed by atoms with van der Waals surface area (Å²) in [6, 6.07) is 9.96. The van der Waals surface area contributed by atoms with Crippen molar-refractivity contribution in [2.45, 2.75) is 6.92 Å². The van der Waals surface area contributed by atoms with Crippen LogP contribution in [-0.2, 0) is 0 Å². The maximum absolute atomic E-state index is 5.45. The molecule has 0 heteroatoms. The minimum absolute atomic E-state index is 0.899. The normalized spacial score (nSPS) is 12.1. The van der Waals surface area contributed by atoms with E-state index in [1.54, 1.807) is 0 Å². The first kappa shape index (κ1) is 11.1. The minimum atomic E-state index is 0.899. The predicted molar refractivity (Wildman–Crippen MR) is 67.2 cm³/mol. The topological polar surface area (TPSA) is 0 Å². The Labute approximate surface area is 91.6 Å². The van der Waals surface area contributed by atoms with Gasteiger partial charge in [0, 0.05) is 5.57 Å². The van der Waals surface area contributed by atoms with Crippen molar-refractivity contribution >= 4 is 5.57 Å². The first-order valence-electron chi connectivity index (χ1n) is 4.90. The van der Waals surface area contributed by atoms with Gasteiger partial charge in [-0.25, -0.2) is 0 Å². The van der Waals surface area contributed by atoms with Crippen LogP contribution in [0.1, 0.15) is 12.5 Å². The summed E-state index contributed by atoms with van der Waals surface area (Å²) in [6.45, 7) is 1.98. The lowest BCUT2D eigenvalue weighted by Gasteiger charge is -1.97. The molecule has 0 saturated carbocycles. The molecule has 0 unspecified atom stereocenters. The zero-order valence-corrected chi connectivity index (χ0v) is 8.85. The molecule has 74 valence electrons. The highest BCUT2D eigenvalue weighted by Crippen LogP contribution is 2.12. The zero-order valence-electron chi connectivity index (χ0n) is 8.85. The van der Waals surface area contributed by atoms with Crippen LogP contribution in [0, 0.1) is 12.3 Å². The van der Waals surface area contributed by atoms with Crippen LogP contribution in [0.15, 0.2) is 60.7 Å². The van der Waals surface area contributed by atoms with Crippen molar-refractivity contribution in [1.82, 2.24) is 0 Å². The molecule has 0 aromatic heterocycles. The van der Waals surface area contributed by atoms with E-state index in [4.69, 9.17) is 6.42 Å². The summed E-state index contributed by atoms with van der Waals surface area (Å²) in [5.41, 5.74) is 1.97. The number of allylic oxidation sites excluding steroid dienone is 6. The smallest absolute Gasteiger partial charge is 0.0315 e. The number of benzene rings is 1. The van der Waals surface area contributed by atoms with Crippen LogP contribution in [0.2, 0.25) is 0 Å². The molecule has 15 heavy (non-hydrogen) atoms. The second-order valence-electron chi connectivity index (χ2n) is 3.00. The van der Waals surface area contributed by atoms with Crippen molar-refractivity contribution in [3.63, 3.8) is 0 Å². The molecule has 0 nitrogen and oxygen atoms in total. The molecule has 0 aliphatic heterocycles. The summed E-state index contributed by atoms with van der Waals surface area (Å²) in [5, 5.41) is 0. The van der Waals surface area contributed by atoms with E-state index >= 15 is 0 Å². The molecule has 1 aromatic rings. The zero-order chi connectivity index (χ0) is 10.9. The molecule has 0 atom stereocenters.